The fraction of sp³-hybridized carbons (Fsp3) is 0.0588. The normalized spacial score (nSPS) is 11.2. The average Bonchev–Trinajstić information content (AvgIpc) is 3.07. The molecule has 1 heterocycles. The molecule has 0 amide bonds. The number of thiocarbonyl (C=S) groups is 1. The second-order valence-electron chi connectivity index (χ2n) is 5.13. The van der Waals surface area contributed by atoms with Gasteiger partial charge in [-0.15, -0.1) is 5.10 Å². The van der Waals surface area contributed by atoms with E-state index in [1.807, 2.05) is 61.5 Å². The van der Waals surface area contributed by atoms with E-state index in [2.05, 4.69) is 26.0 Å². The third-order valence-electron chi connectivity index (χ3n) is 3.32. The SMILES string of the molecule is C/C(=N/NC(=S)Nc1cccc(-c2n[nH]c(=S)o2)c1)c1ccccc1. The lowest BCUT2D eigenvalue weighted by Gasteiger charge is -2.09. The van der Waals surface area contributed by atoms with E-state index in [4.69, 9.17) is 28.9 Å². The number of nitrogens with zero attached hydrogens (tertiary/aromatic N) is 2. The minimum atomic E-state index is 0.233. The van der Waals surface area contributed by atoms with Gasteiger partial charge in [-0.3, -0.25) is 5.43 Å². The molecule has 0 spiro atoms. The van der Waals surface area contributed by atoms with Gasteiger partial charge < -0.3 is 9.73 Å². The molecule has 0 aliphatic carbocycles. The maximum atomic E-state index is 5.31. The first-order valence-electron chi connectivity index (χ1n) is 7.44. The number of benzene rings is 2. The molecule has 1 aromatic heterocycles. The lowest BCUT2D eigenvalue weighted by molar-refractivity contribution is 0.552. The number of aromatic nitrogens is 2. The highest BCUT2D eigenvalue weighted by Gasteiger charge is 2.05. The lowest BCUT2D eigenvalue weighted by Crippen LogP contribution is -2.24. The molecule has 3 rings (SSSR count). The molecule has 0 saturated heterocycles. The zero-order valence-electron chi connectivity index (χ0n) is 13.3. The molecule has 3 N–H and O–H groups in total. The van der Waals surface area contributed by atoms with E-state index < -0.39 is 0 Å². The molecule has 0 radical (unpaired) electrons. The monoisotopic (exact) mass is 369 g/mol. The molecule has 126 valence electrons. The van der Waals surface area contributed by atoms with Gasteiger partial charge in [0.25, 0.3) is 4.84 Å². The van der Waals surface area contributed by atoms with Gasteiger partial charge in [0, 0.05) is 11.3 Å². The zero-order chi connectivity index (χ0) is 17.6. The Hall–Kier alpha value is -2.84. The van der Waals surface area contributed by atoms with E-state index in [-0.39, 0.29) is 4.84 Å². The van der Waals surface area contributed by atoms with Crippen molar-refractivity contribution >= 4 is 40.9 Å². The van der Waals surface area contributed by atoms with Crippen molar-refractivity contribution in [1.82, 2.24) is 15.6 Å². The maximum Gasteiger partial charge on any atom is 0.284 e. The largest absolute Gasteiger partial charge is 0.409 e. The number of rotatable bonds is 4. The summed E-state index contributed by atoms with van der Waals surface area (Å²) < 4.78 is 5.31. The van der Waals surface area contributed by atoms with Gasteiger partial charge in [0.15, 0.2) is 5.11 Å². The molecule has 25 heavy (non-hydrogen) atoms. The predicted molar refractivity (Wildman–Crippen MR) is 105 cm³/mol. The Labute approximate surface area is 155 Å². The Balaban J connectivity index is 1.66. The Bertz CT molecular complexity index is 962. The van der Waals surface area contributed by atoms with Crippen LogP contribution in [0, 0.1) is 4.84 Å². The van der Waals surface area contributed by atoms with Crippen LogP contribution >= 0.6 is 24.4 Å². The van der Waals surface area contributed by atoms with Gasteiger partial charge in [0.05, 0.1) is 5.71 Å². The first-order chi connectivity index (χ1) is 12.1. The minimum absolute atomic E-state index is 0.233. The first kappa shape index (κ1) is 17.0. The number of anilines is 1. The van der Waals surface area contributed by atoms with Crippen LogP contribution in [0.1, 0.15) is 12.5 Å². The highest BCUT2D eigenvalue weighted by molar-refractivity contribution is 7.80. The van der Waals surface area contributed by atoms with Crippen molar-refractivity contribution in [2.75, 3.05) is 5.32 Å². The predicted octanol–water partition coefficient (Wildman–Crippen LogP) is 4.11. The summed E-state index contributed by atoms with van der Waals surface area (Å²) in [4.78, 5) is 0.233. The number of hydrazone groups is 1. The summed E-state index contributed by atoms with van der Waals surface area (Å²) in [7, 11) is 0. The molecule has 0 aliphatic rings. The van der Waals surface area contributed by atoms with Crippen molar-refractivity contribution in [1.29, 1.82) is 0 Å². The Morgan fingerprint density at radius 1 is 1.16 bits per heavy atom. The standard InChI is InChI=1S/C17H15N5OS2/c1-11(12-6-3-2-4-7-12)19-21-16(24)18-14-9-5-8-13(10-14)15-20-22-17(25)23-15/h2-10H,1H3,(H,22,25)(H2,18,21,24)/b19-11-. The van der Waals surface area contributed by atoms with E-state index in [9.17, 15) is 0 Å². The van der Waals surface area contributed by atoms with Gasteiger partial charge in [-0.25, -0.2) is 5.10 Å². The van der Waals surface area contributed by atoms with E-state index in [1.165, 1.54) is 0 Å². The van der Waals surface area contributed by atoms with E-state index in [0.29, 0.717) is 11.0 Å². The highest BCUT2D eigenvalue weighted by Crippen LogP contribution is 2.20. The average molecular weight is 369 g/mol. The van der Waals surface area contributed by atoms with Crippen molar-refractivity contribution < 1.29 is 4.42 Å². The summed E-state index contributed by atoms with van der Waals surface area (Å²) in [5, 5.41) is 14.3. The second kappa shape index (κ2) is 7.82. The maximum absolute atomic E-state index is 5.31. The molecule has 2 aromatic carbocycles. The number of H-pyrrole nitrogens is 1. The fourth-order valence-corrected chi connectivity index (χ4v) is 2.41. The summed E-state index contributed by atoms with van der Waals surface area (Å²) in [6.45, 7) is 1.91. The highest BCUT2D eigenvalue weighted by atomic mass is 32.1. The number of aromatic amines is 1. The van der Waals surface area contributed by atoms with Crippen LogP contribution in [-0.4, -0.2) is 21.0 Å². The molecule has 0 atom stereocenters. The van der Waals surface area contributed by atoms with Crippen LogP contribution in [0.4, 0.5) is 5.69 Å². The molecule has 0 bridgehead atoms. The molecule has 0 saturated carbocycles. The van der Waals surface area contributed by atoms with Crippen LogP contribution in [0.15, 0.2) is 64.1 Å². The third-order valence-corrected chi connectivity index (χ3v) is 3.69. The van der Waals surface area contributed by atoms with E-state index in [0.717, 1.165) is 22.5 Å². The molecule has 3 aromatic rings. The summed E-state index contributed by atoms with van der Waals surface area (Å²) in [5.41, 5.74) is 6.27. The number of hydrogen-bond donors (Lipinski definition) is 3. The summed E-state index contributed by atoms with van der Waals surface area (Å²) in [6, 6.07) is 17.3. The van der Waals surface area contributed by atoms with Crippen LogP contribution in [0.2, 0.25) is 0 Å². The summed E-state index contributed by atoms with van der Waals surface area (Å²) >= 11 is 10.2. The molecule has 8 heteroatoms. The first-order valence-corrected chi connectivity index (χ1v) is 8.26. The minimum Gasteiger partial charge on any atom is -0.409 e. The van der Waals surface area contributed by atoms with E-state index in [1.54, 1.807) is 0 Å². The molecular weight excluding hydrogens is 354 g/mol. The van der Waals surface area contributed by atoms with E-state index >= 15 is 0 Å². The van der Waals surface area contributed by atoms with Crippen molar-refractivity contribution in [3.05, 3.63) is 65.0 Å². The van der Waals surface area contributed by atoms with Crippen LogP contribution in [-0.2, 0) is 0 Å². The van der Waals surface area contributed by atoms with Gasteiger partial charge in [-0.05, 0) is 55.1 Å². The zero-order valence-corrected chi connectivity index (χ0v) is 14.9. The Kier molecular flexibility index (Phi) is 5.32. The fourth-order valence-electron chi connectivity index (χ4n) is 2.12. The number of hydrogen-bond acceptors (Lipinski definition) is 5. The van der Waals surface area contributed by atoms with Crippen LogP contribution in [0.3, 0.4) is 0 Å². The quantitative estimate of drug-likeness (QED) is 0.365. The number of nitrogens with one attached hydrogen (secondary N) is 3. The molecular formula is C17H15N5OS2. The van der Waals surface area contributed by atoms with Gasteiger partial charge in [-0.2, -0.15) is 5.10 Å². The molecule has 6 nitrogen and oxygen atoms in total. The molecule has 0 fully saturated rings. The van der Waals surface area contributed by atoms with Crippen molar-refractivity contribution in [2.24, 2.45) is 5.10 Å². The topological polar surface area (TPSA) is 78.2 Å². The van der Waals surface area contributed by atoms with Crippen molar-refractivity contribution in [3.63, 3.8) is 0 Å². The van der Waals surface area contributed by atoms with Crippen LogP contribution in [0.25, 0.3) is 11.5 Å². The van der Waals surface area contributed by atoms with Crippen molar-refractivity contribution in [2.45, 2.75) is 6.92 Å². The Morgan fingerprint density at radius 3 is 2.68 bits per heavy atom. The van der Waals surface area contributed by atoms with Crippen LogP contribution in [0.5, 0.6) is 0 Å². The lowest BCUT2D eigenvalue weighted by atomic mass is 10.1. The van der Waals surface area contributed by atoms with Gasteiger partial charge in [0.2, 0.25) is 5.89 Å². The van der Waals surface area contributed by atoms with Gasteiger partial charge in [-0.1, -0.05) is 36.4 Å². The summed E-state index contributed by atoms with van der Waals surface area (Å²) in [6.07, 6.45) is 0. The van der Waals surface area contributed by atoms with Crippen LogP contribution < -0.4 is 10.7 Å². The Morgan fingerprint density at radius 2 is 1.96 bits per heavy atom. The van der Waals surface area contributed by atoms with Gasteiger partial charge in [0.1, 0.15) is 0 Å². The smallest absolute Gasteiger partial charge is 0.284 e. The second-order valence-corrected chi connectivity index (χ2v) is 5.91. The van der Waals surface area contributed by atoms with Gasteiger partial charge >= 0.3 is 0 Å². The molecule has 0 unspecified atom stereocenters. The molecule has 0 aliphatic heterocycles. The third kappa shape index (κ3) is 4.59. The summed E-state index contributed by atoms with van der Waals surface area (Å²) in [5.74, 6) is 0.422. The van der Waals surface area contributed by atoms with Crippen molar-refractivity contribution in [3.8, 4) is 11.5 Å².